The zero-order valence-corrected chi connectivity index (χ0v) is 15.9. The lowest BCUT2D eigenvalue weighted by Crippen LogP contribution is -2.36. The van der Waals surface area contributed by atoms with Crippen LogP contribution in [0.4, 0.5) is 0 Å². The van der Waals surface area contributed by atoms with Gasteiger partial charge in [0.05, 0.1) is 11.2 Å². The van der Waals surface area contributed by atoms with Gasteiger partial charge in [0.25, 0.3) is 5.72 Å². The zero-order valence-electron chi connectivity index (χ0n) is 15.1. The summed E-state index contributed by atoms with van der Waals surface area (Å²) >= 11 is 1.54. The van der Waals surface area contributed by atoms with Gasteiger partial charge in [-0.1, -0.05) is 44.2 Å². The Hall–Kier alpha value is -1.96. The summed E-state index contributed by atoms with van der Waals surface area (Å²) in [6, 6.07) is 7.71. The molecule has 2 aromatic rings. The largest absolute Gasteiger partial charge is 0.487 e. The third-order valence-corrected chi connectivity index (χ3v) is 6.21. The molecule has 2 unspecified atom stereocenters. The third kappa shape index (κ3) is 4.15. The van der Waals surface area contributed by atoms with Gasteiger partial charge in [-0.3, -0.25) is 4.84 Å². The van der Waals surface area contributed by atoms with Crippen molar-refractivity contribution in [3.05, 3.63) is 46.4 Å². The summed E-state index contributed by atoms with van der Waals surface area (Å²) in [6.07, 6.45) is 6.90. The topological polar surface area (TPSA) is 93.9 Å². The van der Waals surface area contributed by atoms with E-state index in [9.17, 15) is 9.90 Å². The van der Waals surface area contributed by atoms with Gasteiger partial charge in [0.1, 0.15) is 12.4 Å². The number of carboxylic acids is 1. The number of nitrogens with one attached hydrogen (secondary N) is 1. The molecule has 27 heavy (non-hydrogen) atoms. The average Bonchev–Trinajstić information content (AvgIpc) is 3.34. The van der Waals surface area contributed by atoms with Crippen molar-refractivity contribution in [2.45, 2.75) is 56.8 Å². The van der Waals surface area contributed by atoms with Crippen LogP contribution in [-0.4, -0.2) is 21.8 Å². The van der Waals surface area contributed by atoms with Crippen molar-refractivity contribution in [1.82, 2.24) is 10.5 Å². The van der Waals surface area contributed by atoms with Gasteiger partial charge in [0, 0.05) is 11.3 Å². The second-order valence-corrected chi connectivity index (χ2v) is 8.09. The fraction of sp³-hybridized carbons (Fsp3) is 0.500. The van der Waals surface area contributed by atoms with Crippen LogP contribution in [0.2, 0.25) is 0 Å². The van der Waals surface area contributed by atoms with E-state index < -0.39 is 11.7 Å². The highest BCUT2D eigenvalue weighted by Crippen LogP contribution is 2.44. The Bertz CT molecular complexity index is 753. The summed E-state index contributed by atoms with van der Waals surface area (Å²) in [6.45, 7) is 0.429. The maximum Gasteiger partial charge on any atom is 0.356 e. The second-order valence-electron chi connectivity index (χ2n) is 7.37. The summed E-state index contributed by atoms with van der Waals surface area (Å²) in [5, 5.41) is 11.7. The summed E-state index contributed by atoms with van der Waals surface area (Å²) in [4.78, 5) is 21.3. The first-order valence-corrected chi connectivity index (χ1v) is 10.4. The van der Waals surface area contributed by atoms with Crippen LogP contribution in [-0.2, 0) is 16.2 Å². The molecule has 2 heterocycles. The number of hydroxylamine groups is 1. The van der Waals surface area contributed by atoms with Gasteiger partial charge in [-0.25, -0.2) is 9.78 Å². The van der Waals surface area contributed by atoms with Crippen LogP contribution in [0.3, 0.4) is 0 Å². The third-order valence-electron chi connectivity index (χ3n) is 5.58. The molecule has 1 aliphatic carbocycles. The molecule has 1 saturated heterocycles. The number of ether oxygens (including phenoxy) is 1. The molecule has 0 bridgehead atoms. The molecule has 2 aliphatic rings. The van der Waals surface area contributed by atoms with E-state index in [0.717, 1.165) is 23.4 Å². The van der Waals surface area contributed by atoms with E-state index in [1.54, 1.807) is 16.8 Å². The van der Waals surface area contributed by atoms with Crippen LogP contribution in [0.15, 0.2) is 35.2 Å². The average molecular weight is 388 g/mol. The number of benzene rings is 1. The van der Waals surface area contributed by atoms with E-state index in [1.165, 1.54) is 32.1 Å². The van der Waals surface area contributed by atoms with Crippen molar-refractivity contribution in [2.75, 3.05) is 0 Å². The Morgan fingerprint density at radius 2 is 2.07 bits per heavy atom. The number of carboxylic acid groups (broad SMARTS) is 1. The zero-order chi connectivity index (χ0) is 18.7. The van der Waals surface area contributed by atoms with E-state index in [0.29, 0.717) is 12.5 Å². The van der Waals surface area contributed by atoms with Gasteiger partial charge >= 0.3 is 5.97 Å². The minimum atomic E-state index is -1.29. The van der Waals surface area contributed by atoms with Crippen molar-refractivity contribution in [3.63, 3.8) is 0 Å². The Kier molecular flexibility index (Phi) is 5.43. The molecule has 2 fully saturated rings. The normalized spacial score (nSPS) is 23.7. The van der Waals surface area contributed by atoms with Gasteiger partial charge in [-0.2, -0.15) is 5.48 Å². The lowest BCUT2D eigenvalue weighted by Gasteiger charge is -2.28. The van der Waals surface area contributed by atoms with Crippen molar-refractivity contribution in [1.29, 1.82) is 0 Å². The minimum absolute atomic E-state index is 0.217. The van der Waals surface area contributed by atoms with Crippen molar-refractivity contribution in [2.24, 2.45) is 5.92 Å². The first kappa shape index (κ1) is 18.4. The molecule has 2 N–H and O–H groups in total. The molecule has 0 radical (unpaired) electrons. The molecule has 1 aliphatic heterocycles. The number of thiazole rings is 1. The molecular formula is C20H24N2O4S. The molecule has 0 spiro atoms. The van der Waals surface area contributed by atoms with Crippen molar-refractivity contribution in [3.8, 4) is 5.75 Å². The molecule has 0 amide bonds. The summed E-state index contributed by atoms with van der Waals surface area (Å²) in [5.74, 6) is 0.127. The number of rotatable bonds is 8. The van der Waals surface area contributed by atoms with E-state index >= 15 is 0 Å². The number of carbonyl (C=O) groups is 1. The molecule has 1 aromatic carbocycles. The van der Waals surface area contributed by atoms with Crippen LogP contribution in [0.1, 0.15) is 55.7 Å². The molecular weight excluding hydrogens is 364 g/mol. The van der Waals surface area contributed by atoms with Crippen LogP contribution in [0, 0.1) is 5.92 Å². The standard InChI is InChI=1S/C20H24N2O4S/c23-19(24)20(22-26-20)18(10-14-4-2-1-3-5-14)15-6-8-17(9-7-15)25-11-16-12-27-13-21-16/h6-9,12-14,18,22H,1-5,10-11H2,(H,23,24). The minimum Gasteiger partial charge on any atom is -0.487 e. The molecule has 4 rings (SSSR count). The Balaban J connectivity index is 1.48. The SMILES string of the molecule is O=C(O)C1(C(CC2CCCCC2)c2ccc(OCc3cscn3)cc2)NO1. The molecule has 7 heteroatoms. The Morgan fingerprint density at radius 3 is 2.67 bits per heavy atom. The maximum atomic E-state index is 11.8. The number of hydrogen-bond donors (Lipinski definition) is 2. The molecule has 1 saturated carbocycles. The number of aliphatic carboxylic acids is 1. The number of nitrogens with zero attached hydrogens (tertiary/aromatic N) is 1. The molecule has 6 nitrogen and oxygen atoms in total. The maximum absolute atomic E-state index is 11.8. The van der Waals surface area contributed by atoms with Gasteiger partial charge in [0.2, 0.25) is 0 Å². The smallest absolute Gasteiger partial charge is 0.356 e. The summed E-state index contributed by atoms with van der Waals surface area (Å²) in [5.41, 5.74) is 5.02. The van der Waals surface area contributed by atoms with Crippen LogP contribution < -0.4 is 10.2 Å². The highest BCUT2D eigenvalue weighted by molar-refractivity contribution is 7.07. The van der Waals surface area contributed by atoms with Gasteiger partial charge in [-0.05, 0) is 30.0 Å². The fourth-order valence-corrected chi connectivity index (χ4v) is 4.53. The van der Waals surface area contributed by atoms with Crippen LogP contribution in [0.25, 0.3) is 0 Å². The van der Waals surface area contributed by atoms with Gasteiger partial charge < -0.3 is 9.84 Å². The van der Waals surface area contributed by atoms with Gasteiger partial charge in [0.15, 0.2) is 0 Å². The first-order chi connectivity index (χ1) is 13.2. The predicted octanol–water partition coefficient (Wildman–Crippen LogP) is 4.09. The second kappa shape index (κ2) is 7.96. The number of aromatic nitrogens is 1. The summed E-state index contributed by atoms with van der Waals surface area (Å²) < 4.78 is 5.76. The highest BCUT2D eigenvalue weighted by atomic mass is 32.1. The Labute approximate surface area is 162 Å². The first-order valence-electron chi connectivity index (χ1n) is 9.46. The molecule has 1 aromatic heterocycles. The fourth-order valence-electron chi connectivity index (χ4n) is 3.99. The highest BCUT2D eigenvalue weighted by Gasteiger charge is 2.60. The quantitative estimate of drug-likeness (QED) is 0.662. The molecule has 144 valence electrons. The van der Waals surface area contributed by atoms with E-state index in [-0.39, 0.29) is 5.92 Å². The number of hydrogen-bond acceptors (Lipinski definition) is 6. The monoisotopic (exact) mass is 388 g/mol. The van der Waals surface area contributed by atoms with E-state index in [2.05, 4.69) is 10.5 Å². The van der Waals surface area contributed by atoms with Gasteiger partial charge in [-0.15, -0.1) is 11.3 Å². The van der Waals surface area contributed by atoms with Crippen LogP contribution >= 0.6 is 11.3 Å². The van der Waals surface area contributed by atoms with Crippen LogP contribution in [0.5, 0.6) is 5.75 Å². The predicted molar refractivity (Wildman–Crippen MR) is 101 cm³/mol. The lowest BCUT2D eigenvalue weighted by molar-refractivity contribution is -0.144. The van der Waals surface area contributed by atoms with Crippen molar-refractivity contribution < 1.29 is 19.5 Å². The Morgan fingerprint density at radius 1 is 1.33 bits per heavy atom. The van der Waals surface area contributed by atoms with E-state index in [4.69, 9.17) is 9.57 Å². The lowest BCUT2D eigenvalue weighted by atomic mass is 9.77. The summed E-state index contributed by atoms with van der Waals surface area (Å²) in [7, 11) is 0. The molecule has 2 atom stereocenters. The van der Waals surface area contributed by atoms with Crippen molar-refractivity contribution >= 4 is 17.3 Å². The van der Waals surface area contributed by atoms with E-state index in [1.807, 2.05) is 29.6 Å².